The molecule has 114 valence electrons. The number of cyclic esters (lactones) is 1. The molecule has 1 aliphatic rings. The van der Waals surface area contributed by atoms with Crippen molar-refractivity contribution in [2.75, 3.05) is 18.0 Å². The van der Waals surface area contributed by atoms with E-state index in [9.17, 15) is 14.4 Å². The fourth-order valence-electron chi connectivity index (χ4n) is 2.08. The Labute approximate surface area is 127 Å². The summed E-state index contributed by atoms with van der Waals surface area (Å²) in [5, 5.41) is 10.9. The predicted octanol–water partition coefficient (Wildman–Crippen LogP) is 1.24. The summed E-state index contributed by atoms with van der Waals surface area (Å²) in [6.07, 6.45) is -1.20. The number of Topliss-reactive ketones (excluding diaryl/α,β-unsaturated/α-hetero) is 1. The third-order valence-corrected chi connectivity index (χ3v) is 3.23. The molecule has 1 aromatic carbocycles. The molecular weight excluding hydrogens is 286 g/mol. The molecule has 1 atom stereocenters. The van der Waals surface area contributed by atoms with Crippen molar-refractivity contribution in [3.8, 4) is 6.07 Å². The lowest BCUT2D eigenvalue weighted by Crippen LogP contribution is -2.34. The molecule has 1 aliphatic heterocycles. The van der Waals surface area contributed by atoms with Gasteiger partial charge >= 0.3 is 6.09 Å². The second-order valence-electron chi connectivity index (χ2n) is 4.86. The van der Waals surface area contributed by atoms with Crippen molar-refractivity contribution in [1.29, 1.82) is 5.26 Å². The van der Waals surface area contributed by atoms with Crippen LogP contribution in [0.1, 0.15) is 23.7 Å². The summed E-state index contributed by atoms with van der Waals surface area (Å²) in [6.45, 7) is 1.93. The number of nitrogens with one attached hydrogen (secondary N) is 1. The van der Waals surface area contributed by atoms with E-state index < -0.39 is 18.1 Å². The topological polar surface area (TPSA) is 99.5 Å². The lowest BCUT2D eigenvalue weighted by atomic mass is 10.1. The van der Waals surface area contributed by atoms with Crippen molar-refractivity contribution < 1.29 is 19.1 Å². The van der Waals surface area contributed by atoms with Crippen molar-refractivity contribution in [2.45, 2.75) is 19.4 Å². The molecule has 7 heteroatoms. The molecule has 7 nitrogen and oxygen atoms in total. The number of hydrogen-bond acceptors (Lipinski definition) is 5. The number of amides is 2. The van der Waals surface area contributed by atoms with E-state index in [2.05, 4.69) is 5.32 Å². The van der Waals surface area contributed by atoms with E-state index in [-0.39, 0.29) is 18.7 Å². The van der Waals surface area contributed by atoms with Gasteiger partial charge < -0.3 is 10.1 Å². The maximum atomic E-state index is 11.8. The molecule has 2 rings (SSSR count). The maximum Gasteiger partial charge on any atom is 0.414 e. The molecular formula is C15H15N3O4. The highest BCUT2D eigenvalue weighted by atomic mass is 16.6. The number of carbonyl (C=O) groups is 3. The molecule has 0 spiro atoms. The maximum absolute atomic E-state index is 11.8. The van der Waals surface area contributed by atoms with E-state index in [1.165, 1.54) is 11.8 Å². The molecule has 1 N–H and O–H groups in total. The highest BCUT2D eigenvalue weighted by Crippen LogP contribution is 2.22. The Kier molecular flexibility index (Phi) is 4.73. The van der Waals surface area contributed by atoms with Gasteiger partial charge in [-0.2, -0.15) is 5.26 Å². The molecule has 1 fully saturated rings. The third-order valence-electron chi connectivity index (χ3n) is 3.23. The van der Waals surface area contributed by atoms with Crippen LogP contribution in [-0.2, 0) is 9.53 Å². The minimum atomic E-state index is -0.505. The molecule has 1 heterocycles. The highest BCUT2D eigenvalue weighted by Gasteiger charge is 2.32. The molecule has 1 aromatic rings. The Bertz CT molecular complexity index is 633. The van der Waals surface area contributed by atoms with E-state index in [1.54, 1.807) is 30.3 Å². The summed E-state index contributed by atoms with van der Waals surface area (Å²) < 4.78 is 5.16. The van der Waals surface area contributed by atoms with Crippen LogP contribution in [0.25, 0.3) is 0 Å². The van der Waals surface area contributed by atoms with E-state index >= 15 is 0 Å². The van der Waals surface area contributed by atoms with Gasteiger partial charge in [-0.1, -0.05) is 0 Å². The quantitative estimate of drug-likeness (QED) is 0.825. The zero-order valence-corrected chi connectivity index (χ0v) is 12.0. The first-order valence-electron chi connectivity index (χ1n) is 6.74. The SMILES string of the molecule is CC(=O)c1ccc(N2C[C@H](CNC(=O)CC#N)OC2=O)cc1. The van der Waals surface area contributed by atoms with E-state index in [4.69, 9.17) is 10.00 Å². The zero-order valence-electron chi connectivity index (χ0n) is 12.0. The fraction of sp³-hybridized carbons (Fsp3) is 0.333. The van der Waals surface area contributed by atoms with Gasteiger partial charge in [0.1, 0.15) is 12.5 Å². The molecule has 22 heavy (non-hydrogen) atoms. The number of hydrogen-bond donors (Lipinski definition) is 1. The standard InChI is InChI=1S/C15H15N3O4/c1-10(19)11-2-4-12(5-3-11)18-9-13(22-15(18)21)8-17-14(20)6-7-16/h2-5,13H,6,8-9H2,1H3,(H,17,20)/t13-/m0/s1. The second-order valence-corrected chi connectivity index (χ2v) is 4.86. The number of nitrogens with zero attached hydrogens (tertiary/aromatic N) is 2. The van der Waals surface area contributed by atoms with Gasteiger partial charge in [0.05, 0.1) is 19.2 Å². The van der Waals surface area contributed by atoms with Crippen molar-refractivity contribution >= 4 is 23.5 Å². The summed E-state index contributed by atoms with van der Waals surface area (Å²) in [5.74, 6) is -0.448. The minimum Gasteiger partial charge on any atom is -0.442 e. The van der Waals surface area contributed by atoms with E-state index in [0.29, 0.717) is 17.8 Å². The molecule has 0 saturated carbocycles. The second kappa shape index (κ2) is 6.72. The van der Waals surface area contributed by atoms with Crippen molar-refractivity contribution in [1.82, 2.24) is 5.32 Å². The Balaban J connectivity index is 1.96. The molecule has 0 radical (unpaired) electrons. The molecule has 2 amide bonds. The first-order valence-corrected chi connectivity index (χ1v) is 6.74. The van der Waals surface area contributed by atoms with Crippen LogP contribution in [0, 0.1) is 11.3 Å². The van der Waals surface area contributed by atoms with Gasteiger partial charge in [0.15, 0.2) is 5.78 Å². The van der Waals surface area contributed by atoms with Gasteiger partial charge in [0.2, 0.25) is 5.91 Å². The van der Waals surface area contributed by atoms with Gasteiger partial charge in [-0.3, -0.25) is 14.5 Å². The van der Waals surface area contributed by atoms with Gasteiger partial charge in [-0.25, -0.2) is 4.79 Å². The molecule has 0 aromatic heterocycles. The van der Waals surface area contributed by atoms with Gasteiger partial charge in [0.25, 0.3) is 0 Å². The largest absolute Gasteiger partial charge is 0.442 e. The lowest BCUT2D eigenvalue weighted by molar-refractivity contribution is -0.120. The third kappa shape index (κ3) is 3.61. The zero-order chi connectivity index (χ0) is 16.1. The minimum absolute atomic E-state index is 0.0476. The highest BCUT2D eigenvalue weighted by molar-refractivity contribution is 5.95. The van der Waals surface area contributed by atoms with E-state index in [1.807, 2.05) is 0 Å². The normalized spacial score (nSPS) is 16.8. The Hall–Kier alpha value is -2.88. The van der Waals surface area contributed by atoms with Crippen LogP contribution in [0.15, 0.2) is 24.3 Å². The predicted molar refractivity (Wildman–Crippen MR) is 77.3 cm³/mol. The molecule has 0 unspecified atom stereocenters. The summed E-state index contributed by atoms with van der Waals surface area (Å²) in [6, 6.07) is 8.38. The fourth-order valence-corrected chi connectivity index (χ4v) is 2.08. The average molecular weight is 301 g/mol. The van der Waals surface area contributed by atoms with Gasteiger partial charge in [-0.05, 0) is 31.2 Å². The van der Waals surface area contributed by atoms with Crippen LogP contribution in [0.3, 0.4) is 0 Å². The first kappa shape index (κ1) is 15.5. The number of carbonyl (C=O) groups excluding carboxylic acids is 3. The summed E-state index contributed by atoms with van der Waals surface area (Å²) in [4.78, 5) is 35.7. The monoisotopic (exact) mass is 301 g/mol. The van der Waals surface area contributed by atoms with Crippen LogP contribution in [-0.4, -0.2) is 37.0 Å². The Morgan fingerprint density at radius 2 is 2.09 bits per heavy atom. The summed E-state index contributed by atoms with van der Waals surface area (Å²) in [5.41, 5.74) is 1.19. The van der Waals surface area contributed by atoms with Crippen LogP contribution >= 0.6 is 0 Å². The van der Waals surface area contributed by atoms with Gasteiger partial charge in [0, 0.05) is 11.3 Å². The van der Waals surface area contributed by atoms with Crippen LogP contribution in [0.5, 0.6) is 0 Å². The summed E-state index contributed by atoms with van der Waals surface area (Å²) in [7, 11) is 0. The molecule has 0 bridgehead atoms. The van der Waals surface area contributed by atoms with Crippen LogP contribution in [0.4, 0.5) is 10.5 Å². The number of rotatable bonds is 5. The molecule has 0 aliphatic carbocycles. The average Bonchev–Trinajstić information content (AvgIpc) is 2.86. The summed E-state index contributed by atoms with van der Waals surface area (Å²) >= 11 is 0. The lowest BCUT2D eigenvalue weighted by Gasteiger charge is -2.13. The first-order chi connectivity index (χ1) is 10.5. The number of nitriles is 1. The van der Waals surface area contributed by atoms with Crippen LogP contribution < -0.4 is 10.2 Å². The van der Waals surface area contributed by atoms with Gasteiger partial charge in [-0.15, -0.1) is 0 Å². The number of anilines is 1. The van der Waals surface area contributed by atoms with Crippen molar-refractivity contribution in [3.05, 3.63) is 29.8 Å². The number of ether oxygens (including phenoxy) is 1. The molecule has 1 saturated heterocycles. The number of ketones is 1. The number of benzene rings is 1. The Morgan fingerprint density at radius 1 is 1.41 bits per heavy atom. The van der Waals surface area contributed by atoms with Crippen LogP contribution in [0.2, 0.25) is 0 Å². The van der Waals surface area contributed by atoms with E-state index in [0.717, 1.165) is 0 Å². The van der Waals surface area contributed by atoms with Crippen molar-refractivity contribution in [3.63, 3.8) is 0 Å². The Morgan fingerprint density at radius 3 is 2.68 bits per heavy atom. The van der Waals surface area contributed by atoms with Crippen molar-refractivity contribution in [2.24, 2.45) is 0 Å². The smallest absolute Gasteiger partial charge is 0.414 e.